The van der Waals surface area contributed by atoms with E-state index in [1.807, 2.05) is 0 Å². The number of benzene rings is 11. The van der Waals surface area contributed by atoms with Gasteiger partial charge in [-0.15, -0.1) is 0 Å². The molecule has 0 N–H and O–H groups in total. The zero-order valence-electron chi connectivity index (χ0n) is 42.2. The summed E-state index contributed by atoms with van der Waals surface area (Å²) in [7, 11) is 0. The van der Waals surface area contributed by atoms with Gasteiger partial charge in [0.25, 0.3) is 0 Å². The van der Waals surface area contributed by atoms with Crippen LogP contribution in [0, 0.1) is 27.7 Å². The van der Waals surface area contributed by atoms with Gasteiger partial charge in [-0.3, -0.25) is 0 Å². The molecule has 0 amide bonds. The molecule has 0 saturated carbocycles. The van der Waals surface area contributed by atoms with Crippen LogP contribution in [0.3, 0.4) is 0 Å². The molecule has 0 heteroatoms. The fourth-order valence-corrected chi connectivity index (χ4v) is 12.1. The Balaban J connectivity index is 1.15. The third kappa shape index (κ3) is 6.35. The van der Waals surface area contributed by atoms with Crippen molar-refractivity contribution in [1.29, 1.82) is 0 Å². The predicted octanol–water partition coefficient (Wildman–Crippen LogP) is 20.3. The lowest BCUT2D eigenvalue weighted by molar-refractivity contribution is 0.590. The van der Waals surface area contributed by atoms with Crippen LogP contribution in [0.1, 0.15) is 74.9 Å². The van der Waals surface area contributed by atoms with Gasteiger partial charge in [-0.25, -0.2) is 0 Å². The Kier molecular flexibility index (Phi) is 9.11. The van der Waals surface area contributed by atoms with Gasteiger partial charge in [0, 0.05) is 0 Å². The lowest BCUT2D eigenvalue weighted by Gasteiger charge is -2.19. The van der Waals surface area contributed by atoms with Crippen molar-refractivity contribution in [2.24, 2.45) is 0 Å². The highest BCUT2D eigenvalue weighted by atomic mass is 14.3. The van der Waals surface area contributed by atoms with Crippen LogP contribution < -0.4 is 0 Å². The second-order valence-electron chi connectivity index (χ2n) is 22.7. The van der Waals surface area contributed by atoms with Gasteiger partial charge in [0.05, 0.1) is 0 Å². The van der Waals surface area contributed by atoms with Crippen LogP contribution in [-0.2, 0) is 10.8 Å². The maximum absolute atomic E-state index is 2.55. The van der Waals surface area contributed by atoms with E-state index in [1.165, 1.54) is 164 Å². The van der Waals surface area contributed by atoms with Gasteiger partial charge in [-0.2, -0.15) is 0 Å². The average molecular weight is 899 g/mol. The van der Waals surface area contributed by atoms with Gasteiger partial charge in [0.2, 0.25) is 0 Å². The van der Waals surface area contributed by atoms with Crippen LogP contribution >= 0.6 is 0 Å². The van der Waals surface area contributed by atoms with Gasteiger partial charge < -0.3 is 0 Å². The van der Waals surface area contributed by atoms with E-state index in [-0.39, 0.29) is 10.8 Å². The fraction of sp³-hybridized carbons (Fsp3) is 0.171. The lowest BCUT2D eigenvalue weighted by Crippen LogP contribution is -2.10. The van der Waals surface area contributed by atoms with E-state index >= 15 is 0 Å². The molecule has 338 valence electrons. The van der Waals surface area contributed by atoms with Gasteiger partial charge in [-0.05, 0) is 251 Å². The highest BCUT2D eigenvalue weighted by Gasteiger charge is 2.23. The molecule has 0 atom stereocenters. The Labute approximate surface area is 411 Å². The molecule has 0 radical (unpaired) electrons. The van der Waals surface area contributed by atoms with Crippen LogP contribution in [0.25, 0.3) is 131 Å². The number of fused-ring (bicyclic) bond motifs is 11. The standard InChI is InChI=1S/C70H58/c1-39-13-11-15-51(41(39)3)47-33-61-53-27-21-45(43-17-23-49(24-18-43)69(5,6)7)31-57(53)65-37-59-55(63(35-47)67(61)65)29-30-56-60(59)38-66-58-32-46(44-19-25-50(26-20-44)70(8,9)10)22-28-54(58)62-34-48(36-64(56)68(62)66)52-16-12-14-40(2)42(52)4/h11-38H,1-10H3. The summed E-state index contributed by atoms with van der Waals surface area (Å²) in [5.41, 5.74) is 18.3. The van der Waals surface area contributed by atoms with Gasteiger partial charge >= 0.3 is 0 Å². The van der Waals surface area contributed by atoms with E-state index < -0.39 is 0 Å². The summed E-state index contributed by atoms with van der Waals surface area (Å²) in [6.07, 6.45) is 0. The normalized spacial score (nSPS) is 12.7. The summed E-state index contributed by atoms with van der Waals surface area (Å²) in [4.78, 5) is 0. The molecule has 0 unspecified atom stereocenters. The van der Waals surface area contributed by atoms with Crippen LogP contribution in [-0.4, -0.2) is 0 Å². The third-order valence-corrected chi connectivity index (χ3v) is 16.5. The SMILES string of the molecule is Cc1cccc(-c2cc3c4ccc5c(cc6c7cc(-c8ccc(C(C)(C)C)cc8)ccc7c7cc(-c8cccc(C)c8C)cc5c76)c4cc4c5cc(-c6ccc(C(C)(C)C)cc6)ccc5c(c2)c34)c1C. The first-order valence-electron chi connectivity index (χ1n) is 25.2. The fourth-order valence-electron chi connectivity index (χ4n) is 12.1. The Morgan fingerprint density at radius 1 is 0.243 bits per heavy atom. The van der Waals surface area contributed by atoms with Crippen LogP contribution in [0.2, 0.25) is 0 Å². The average Bonchev–Trinajstić information content (AvgIpc) is 3.84. The molecular formula is C70H58. The van der Waals surface area contributed by atoms with Gasteiger partial charge in [0.1, 0.15) is 0 Å². The highest BCUT2D eigenvalue weighted by molar-refractivity contribution is 6.41. The predicted molar refractivity (Wildman–Crippen MR) is 307 cm³/mol. The summed E-state index contributed by atoms with van der Waals surface area (Å²) in [5, 5.41) is 21.1. The Hall–Kier alpha value is -7.54. The minimum Gasteiger partial charge on any atom is -0.0614 e. The molecular weight excluding hydrogens is 841 g/mol. The molecule has 0 saturated heterocycles. The van der Waals surface area contributed by atoms with E-state index in [0.29, 0.717) is 0 Å². The quantitative estimate of drug-likeness (QED) is 0.154. The van der Waals surface area contributed by atoms with E-state index in [9.17, 15) is 0 Å². The summed E-state index contributed by atoms with van der Waals surface area (Å²) >= 11 is 0. The first-order valence-corrected chi connectivity index (χ1v) is 25.2. The molecule has 0 aliphatic heterocycles. The van der Waals surface area contributed by atoms with Crippen molar-refractivity contribution in [3.63, 3.8) is 0 Å². The second-order valence-corrected chi connectivity index (χ2v) is 22.7. The molecule has 13 rings (SSSR count). The monoisotopic (exact) mass is 898 g/mol. The largest absolute Gasteiger partial charge is 0.0614 e. The maximum Gasteiger partial charge on any atom is -0.00195 e. The molecule has 70 heavy (non-hydrogen) atoms. The Morgan fingerprint density at radius 2 is 0.529 bits per heavy atom. The highest BCUT2D eigenvalue weighted by Crippen LogP contribution is 2.50. The smallest absolute Gasteiger partial charge is 0.00195 e. The third-order valence-electron chi connectivity index (χ3n) is 16.5. The zero-order valence-corrected chi connectivity index (χ0v) is 42.2. The number of hydrogen-bond acceptors (Lipinski definition) is 0. The maximum atomic E-state index is 2.55. The topological polar surface area (TPSA) is 0 Å². The molecule has 0 aliphatic carbocycles. The van der Waals surface area contributed by atoms with Crippen molar-refractivity contribution >= 4 is 86.2 Å². The summed E-state index contributed by atoms with van der Waals surface area (Å²) in [6.45, 7) is 22.8. The van der Waals surface area contributed by atoms with Crippen LogP contribution in [0.5, 0.6) is 0 Å². The van der Waals surface area contributed by atoms with E-state index in [2.05, 4.69) is 239 Å². The van der Waals surface area contributed by atoms with Crippen molar-refractivity contribution in [2.45, 2.75) is 80.1 Å². The van der Waals surface area contributed by atoms with Crippen LogP contribution in [0.15, 0.2) is 170 Å². The van der Waals surface area contributed by atoms with Crippen molar-refractivity contribution in [2.75, 3.05) is 0 Å². The summed E-state index contributed by atoms with van der Waals surface area (Å²) in [5.74, 6) is 0. The first kappa shape index (κ1) is 42.6. The molecule has 0 fully saturated rings. The van der Waals surface area contributed by atoms with E-state index in [4.69, 9.17) is 0 Å². The van der Waals surface area contributed by atoms with Crippen molar-refractivity contribution < 1.29 is 0 Å². The molecule has 0 nitrogen and oxygen atoms in total. The molecule has 0 aliphatic rings. The van der Waals surface area contributed by atoms with E-state index in [0.717, 1.165) is 0 Å². The number of rotatable bonds is 4. The molecule has 0 spiro atoms. The summed E-state index contributed by atoms with van der Waals surface area (Å²) < 4.78 is 0. The minimum absolute atomic E-state index is 0.0982. The van der Waals surface area contributed by atoms with Crippen LogP contribution in [0.4, 0.5) is 0 Å². The van der Waals surface area contributed by atoms with Gasteiger partial charge in [-0.1, -0.05) is 163 Å². The number of aryl methyl sites for hydroxylation is 2. The van der Waals surface area contributed by atoms with Gasteiger partial charge in [0.15, 0.2) is 0 Å². The molecule has 0 heterocycles. The first-order chi connectivity index (χ1) is 33.6. The van der Waals surface area contributed by atoms with Crippen molar-refractivity contribution in [3.8, 4) is 44.5 Å². The zero-order chi connectivity index (χ0) is 48.1. The lowest BCUT2D eigenvalue weighted by atomic mass is 9.86. The van der Waals surface area contributed by atoms with Crippen molar-refractivity contribution in [3.05, 3.63) is 203 Å². The molecule has 13 aromatic rings. The molecule has 0 aromatic heterocycles. The summed E-state index contributed by atoms with van der Waals surface area (Å²) in [6, 6.07) is 66.3. The molecule has 0 bridgehead atoms. The van der Waals surface area contributed by atoms with Crippen molar-refractivity contribution in [1.82, 2.24) is 0 Å². The Morgan fingerprint density at radius 3 is 0.871 bits per heavy atom. The molecule has 13 aromatic carbocycles. The number of hydrogen-bond donors (Lipinski definition) is 0. The second kappa shape index (κ2) is 15.0. The Bertz CT molecular complexity index is 4020. The van der Waals surface area contributed by atoms with E-state index in [1.54, 1.807) is 0 Å². The minimum atomic E-state index is 0.0982.